The lowest BCUT2D eigenvalue weighted by Gasteiger charge is -2.22. The zero-order chi connectivity index (χ0) is 14.2. The molecule has 2 rings (SSSR count). The van der Waals surface area contributed by atoms with Gasteiger partial charge in [0.25, 0.3) is 0 Å². The molecule has 19 heavy (non-hydrogen) atoms. The Labute approximate surface area is 118 Å². The average Bonchev–Trinajstić information content (AvgIpc) is 2.90. The highest BCUT2D eigenvalue weighted by Gasteiger charge is 2.23. The molecule has 0 saturated carbocycles. The van der Waals surface area contributed by atoms with Crippen molar-refractivity contribution in [1.29, 1.82) is 0 Å². The number of aromatic nitrogens is 5. The molecule has 0 aliphatic heterocycles. The van der Waals surface area contributed by atoms with Gasteiger partial charge in [-0.2, -0.15) is 10.2 Å². The summed E-state index contributed by atoms with van der Waals surface area (Å²) in [5.74, 6) is 0.853. The van der Waals surface area contributed by atoms with Gasteiger partial charge >= 0.3 is 0 Å². The van der Waals surface area contributed by atoms with E-state index in [1.165, 1.54) is 0 Å². The van der Waals surface area contributed by atoms with E-state index in [4.69, 9.17) is 12.2 Å². The van der Waals surface area contributed by atoms with Crippen LogP contribution >= 0.6 is 12.2 Å². The third-order valence-corrected chi connectivity index (χ3v) is 3.34. The molecule has 0 saturated heterocycles. The van der Waals surface area contributed by atoms with Gasteiger partial charge in [0, 0.05) is 12.1 Å². The van der Waals surface area contributed by atoms with Crippen molar-refractivity contribution in [2.24, 2.45) is 0 Å². The lowest BCUT2D eigenvalue weighted by Crippen LogP contribution is -2.23. The molecule has 2 aromatic rings. The van der Waals surface area contributed by atoms with Crippen LogP contribution in [0.15, 0.2) is 6.07 Å². The van der Waals surface area contributed by atoms with Crippen LogP contribution in [-0.2, 0) is 18.5 Å². The number of aryl methyl sites for hydroxylation is 2. The van der Waals surface area contributed by atoms with Crippen molar-refractivity contribution in [1.82, 2.24) is 24.5 Å². The number of hydrogen-bond donors (Lipinski definition) is 1. The van der Waals surface area contributed by atoms with Crippen molar-refractivity contribution in [3.63, 3.8) is 0 Å². The summed E-state index contributed by atoms with van der Waals surface area (Å²) in [6.45, 7) is 11.4. The number of H-pyrrole nitrogens is 1. The molecule has 0 radical (unpaired) electrons. The van der Waals surface area contributed by atoms with E-state index in [0.29, 0.717) is 4.77 Å². The first-order chi connectivity index (χ1) is 8.88. The third-order valence-electron chi connectivity index (χ3n) is 3.06. The molecular formula is C13H21N5S. The Hall–Kier alpha value is -1.43. The number of nitrogens with one attached hydrogen (secondary N) is 1. The van der Waals surface area contributed by atoms with Crippen molar-refractivity contribution < 1.29 is 0 Å². The van der Waals surface area contributed by atoms with Gasteiger partial charge in [-0.05, 0) is 52.4 Å². The highest BCUT2D eigenvalue weighted by molar-refractivity contribution is 7.71. The van der Waals surface area contributed by atoms with Crippen LogP contribution in [0.25, 0.3) is 11.5 Å². The molecule has 0 aliphatic rings. The Morgan fingerprint density at radius 2 is 2.00 bits per heavy atom. The zero-order valence-electron chi connectivity index (χ0n) is 12.2. The lowest BCUT2D eigenvalue weighted by molar-refractivity contribution is 0.394. The number of rotatable bonds is 3. The first-order valence-electron chi connectivity index (χ1n) is 6.63. The SMILES string of the molecule is CCc1cc(-c2n[nH]c(=S)n2C(C)(C)C)n(CC)n1. The van der Waals surface area contributed by atoms with Crippen LogP contribution in [0, 0.1) is 4.77 Å². The molecule has 0 spiro atoms. The summed E-state index contributed by atoms with van der Waals surface area (Å²) in [4.78, 5) is 0. The molecule has 6 heteroatoms. The monoisotopic (exact) mass is 279 g/mol. The van der Waals surface area contributed by atoms with E-state index in [2.05, 4.69) is 56.0 Å². The summed E-state index contributed by atoms with van der Waals surface area (Å²) in [6, 6.07) is 2.09. The Kier molecular flexibility index (Phi) is 3.62. The molecule has 104 valence electrons. The molecule has 0 atom stereocenters. The second-order valence-electron chi connectivity index (χ2n) is 5.55. The minimum Gasteiger partial charge on any atom is -0.293 e. The molecule has 0 amide bonds. The summed E-state index contributed by atoms with van der Waals surface area (Å²) < 4.78 is 4.67. The van der Waals surface area contributed by atoms with Crippen LogP contribution < -0.4 is 0 Å². The summed E-state index contributed by atoms with van der Waals surface area (Å²) in [6.07, 6.45) is 0.917. The highest BCUT2D eigenvalue weighted by Crippen LogP contribution is 2.25. The van der Waals surface area contributed by atoms with E-state index >= 15 is 0 Å². The molecular weight excluding hydrogens is 258 g/mol. The van der Waals surface area contributed by atoms with E-state index < -0.39 is 0 Å². The first-order valence-corrected chi connectivity index (χ1v) is 7.04. The second kappa shape index (κ2) is 4.92. The fourth-order valence-electron chi connectivity index (χ4n) is 2.16. The first kappa shape index (κ1) is 14.0. The topological polar surface area (TPSA) is 51.4 Å². The van der Waals surface area contributed by atoms with E-state index in [1.54, 1.807) is 0 Å². The van der Waals surface area contributed by atoms with Gasteiger partial charge in [0.05, 0.1) is 5.69 Å². The molecule has 1 N–H and O–H groups in total. The predicted molar refractivity (Wildman–Crippen MR) is 78.7 cm³/mol. The van der Waals surface area contributed by atoms with E-state index in [0.717, 1.165) is 30.2 Å². The van der Waals surface area contributed by atoms with Crippen molar-refractivity contribution in [2.75, 3.05) is 0 Å². The fourth-order valence-corrected chi connectivity index (χ4v) is 2.56. The number of aromatic amines is 1. The van der Waals surface area contributed by atoms with Crippen molar-refractivity contribution >= 4 is 12.2 Å². The molecule has 0 unspecified atom stereocenters. The van der Waals surface area contributed by atoms with Gasteiger partial charge < -0.3 is 0 Å². The molecule has 0 fully saturated rings. The minimum absolute atomic E-state index is 0.116. The molecule has 0 aromatic carbocycles. The summed E-state index contributed by atoms with van der Waals surface area (Å²) in [5, 5.41) is 11.9. The normalized spacial score (nSPS) is 12.1. The number of hydrogen-bond acceptors (Lipinski definition) is 3. The van der Waals surface area contributed by atoms with Crippen LogP contribution in [0.2, 0.25) is 0 Å². The maximum absolute atomic E-state index is 5.35. The van der Waals surface area contributed by atoms with Crippen molar-refractivity contribution in [3.05, 3.63) is 16.5 Å². The van der Waals surface area contributed by atoms with Crippen LogP contribution in [0.3, 0.4) is 0 Å². The molecule has 5 nitrogen and oxygen atoms in total. The maximum Gasteiger partial charge on any atom is 0.195 e. The van der Waals surface area contributed by atoms with Gasteiger partial charge in [0.1, 0.15) is 5.69 Å². The van der Waals surface area contributed by atoms with Gasteiger partial charge in [-0.3, -0.25) is 14.3 Å². The molecule has 2 heterocycles. The number of nitrogens with zero attached hydrogens (tertiary/aromatic N) is 4. The summed E-state index contributed by atoms with van der Waals surface area (Å²) in [5.41, 5.74) is 1.97. The Bertz CT molecular complexity index is 626. The zero-order valence-corrected chi connectivity index (χ0v) is 13.0. The van der Waals surface area contributed by atoms with Gasteiger partial charge in [-0.1, -0.05) is 6.92 Å². The quantitative estimate of drug-likeness (QED) is 0.878. The van der Waals surface area contributed by atoms with Gasteiger partial charge in [0.2, 0.25) is 0 Å². The molecule has 2 aromatic heterocycles. The van der Waals surface area contributed by atoms with Crippen LogP contribution in [-0.4, -0.2) is 24.5 Å². The Morgan fingerprint density at radius 1 is 1.32 bits per heavy atom. The summed E-state index contributed by atoms with van der Waals surface area (Å²) in [7, 11) is 0. The van der Waals surface area contributed by atoms with E-state index in [-0.39, 0.29) is 5.54 Å². The summed E-state index contributed by atoms with van der Waals surface area (Å²) >= 11 is 5.35. The Balaban J connectivity index is 2.66. The standard InChI is InChI=1S/C13H21N5S/c1-6-9-8-10(17(7-2)16-9)11-14-15-12(19)18(11)13(3,4)5/h8H,6-7H2,1-5H3,(H,15,19). The van der Waals surface area contributed by atoms with Gasteiger partial charge in [-0.25, -0.2) is 0 Å². The molecule has 0 bridgehead atoms. The fraction of sp³-hybridized carbons (Fsp3) is 0.615. The van der Waals surface area contributed by atoms with Crippen LogP contribution in [0.1, 0.15) is 40.3 Å². The largest absolute Gasteiger partial charge is 0.293 e. The van der Waals surface area contributed by atoms with Gasteiger partial charge in [0.15, 0.2) is 10.6 Å². The van der Waals surface area contributed by atoms with Crippen LogP contribution in [0.5, 0.6) is 0 Å². The average molecular weight is 279 g/mol. The highest BCUT2D eigenvalue weighted by atomic mass is 32.1. The van der Waals surface area contributed by atoms with Crippen molar-refractivity contribution in [2.45, 2.75) is 53.1 Å². The second-order valence-corrected chi connectivity index (χ2v) is 5.94. The smallest absolute Gasteiger partial charge is 0.195 e. The van der Waals surface area contributed by atoms with Gasteiger partial charge in [-0.15, -0.1) is 0 Å². The minimum atomic E-state index is -0.116. The van der Waals surface area contributed by atoms with E-state index in [9.17, 15) is 0 Å². The third kappa shape index (κ3) is 2.49. The van der Waals surface area contributed by atoms with Crippen LogP contribution in [0.4, 0.5) is 0 Å². The predicted octanol–water partition coefficient (Wildman–Crippen LogP) is 3.14. The molecule has 0 aliphatic carbocycles. The maximum atomic E-state index is 5.35. The lowest BCUT2D eigenvalue weighted by atomic mass is 10.1. The Morgan fingerprint density at radius 3 is 2.53 bits per heavy atom. The van der Waals surface area contributed by atoms with Crippen molar-refractivity contribution in [3.8, 4) is 11.5 Å². The van der Waals surface area contributed by atoms with E-state index in [1.807, 2.05) is 9.25 Å².